The Morgan fingerprint density at radius 3 is 2.48 bits per heavy atom. The van der Waals surface area contributed by atoms with Crippen molar-refractivity contribution in [3.63, 3.8) is 0 Å². The van der Waals surface area contributed by atoms with Gasteiger partial charge in [-0.2, -0.15) is 28.4 Å². The minimum atomic E-state index is -4.38. The summed E-state index contributed by atoms with van der Waals surface area (Å²) in [7, 11) is 0. The van der Waals surface area contributed by atoms with Gasteiger partial charge in [0.25, 0.3) is 0 Å². The van der Waals surface area contributed by atoms with E-state index in [1.54, 1.807) is 24.3 Å². The molecule has 4 rings (SSSR count). The lowest BCUT2D eigenvalue weighted by molar-refractivity contribution is -0.138. The van der Waals surface area contributed by atoms with Gasteiger partial charge in [-0.1, -0.05) is 23.9 Å². The van der Waals surface area contributed by atoms with Gasteiger partial charge in [-0.05, 0) is 60.2 Å². The minimum absolute atomic E-state index is 0.202. The van der Waals surface area contributed by atoms with Gasteiger partial charge in [0, 0.05) is 18.9 Å². The van der Waals surface area contributed by atoms with E-state index in [0.29, 0.717) is 46.7 Å². The molecule has 0 atom stereocenters. The summed E-state index contributed by atoms with van der Waals surface area (Å²) in [5.41, 5.74) is 8.22. The molecule has 0 bridgehead atoms. The Balaban J connectivity index is 1.40. The number of nitrogen functional groups attached to an aromatic ring is 1. The molecule has 10 heteroatoms. The highest BCUT2D eigenvalue weighted by Crippen LogP contribution is 2.32. The maximum absolute atomic E-state index is 13.2. The fraction of sp³-hybridized carbons (Fsp3) is 0.217. The fourth-order valence-electron chi connectivity index (χ4n) is 3.37. The normalized spacial score (nSPS) is 13.6. The summed E-state index contributed by atoms with van der Waals surface area (Å²) in [4.78, 5) is 8.34. The number of nitrogens with zero attached hydrogens (tertiary/aromatic N) is 4. The van der Waals surface area contributed by atoms with Gasteiger partial charge in [0.1, 0.15) is 11.6 Å². The standard InChI is InChI=1S/C23H20F3N5OS/c1-13-3-4-14(10-18(13)23(24,25)26)9-16-11-19(31-30-16)15-5-7-17(8-6-15)32-21-12-20(27)28-22(29-21)33-2/h3-8,10,12H,9,11H2,1-2H3,(H2,27,28,29). The maximum atomic E-state index is 13.2. The molecule has 1 aliphatic rings. The quantitative estimate of drug-likeness (QED) is 0.369. The Hall–Kier alpha value is -3.40. The number of benzene rings is 2. The summed E-state index contributed by atoms with van der Waals surface area (Å²) in [6.45, 7) is 1.45. The Morgan fingerprint density at radius 2 is 1.79 bits per heavy atom. The van der Waals surface area contributed by atoms with E-state index in [2.05, 4.69) is 20.2 Å². The number of nitrogens with two attached hydrogens (primary N) is 1. The van der Waals surface area contributed by atoms with Crippen LogP contribution < -0.4 is 10.5 Å². The molecule has 2 aromatic carbocycles. The Bertz CT molecular complexity index is 1240. The molecular formula is C23H20F3N5OS. The van der Waals surface area contributed by atoms with Crippen molar-refractivity contribution in [2.24, 2.45) is 10.2 Å². The van der Waals surface area contributed by atoms with Gasteiger partial charge in [-0.15, -0.1) is 0 Å². The van der Waals surface area contributed by atoms with E-state index in [0.717, 1.165) is 11.3 Å². The average Bonchev–Trinajstić information content (AvgIpc) is 3.23. The van der Waals surface area contributed by atoms with Crippen molar-refractivity contribution in [2.45, 2.75) is 31.1 Å². The maximum Gasteiger partial charge on any atom is 0.416 e. The van der Waals surface area contributed by atoms with E-state index >= 15 is 0 Å². The monoisotopic (exact) mass is 471 g/mol. The van der Waals surface area contributed by atoms with E-state index in [1.807, 2.05) is 18.4 Å². The SMILES string of the molecule is CSc1nc(N)cc(Oc2ccc(C3=NN=C(Cc4ccc(C)c(C(F)(F)F)c4)C3)cc2)n1. The lowest BCUT2D eigenvalue weighted by atomic mass is 9.98. The van der Waals surface area contributed by atoms with Gasteiger partial charge in [-0.3, -0.25) is 0 Å². The van der Waals surface area contributed by atoms with Gasteiger partial charge in [0.2, 0.25) is 5.88 Å². The van der Waals surface area contributed by atoms with E-state index in [4.69, 9.17) is 10.5 Å². The van der Waals surface area contributed by atoms with Crippen LogP contribution in [0.4, 0.5) is 19.0 Å². The van der Waals surface area contributed by atoms with Crippen LogP contribution in [0.5, 0.6) is 11.6 Å². The van der Waals surface area contributed by atoms with Crippen molar-refractivity contribution < 1.29 is 17.9 Å². The number of halogens is 3. The first-order valence-corrected chi connectivity index (χ1v) is 11.2. The number of thioether (sulfide) groups is 1. The second-order valence-corrected chi connectivity index (χ2v) is 8.23. The summed E-state index contributed by atoms with van der Waals surface area (Å²) >= 11 is 1.36. The van der Waals surface area contributed by atoms with E-state index in [9.17, 15) is 13.2 Å². The van der Waals surface area contributed by atoms with E-state index < -0.39 is 11.7 Å². The second-order valence-electron chi connectivity index (χ2n) is 7.46. The molecule has 0 unspecified atom stereocenters. The smallest absolute Gasteiger partial charge is 0.416 e. The highest BCUT2D eigenvalue weighted by molar-refractivity contribution is 7.98. The topological polar surface area (TPSA) is 85.8 Å². The number of aromatic nitrogens is 2. The number of rotatable bonds is 6. The molecule has 0 aliphatic carbocycles. The van der Waals surface area contributed by atoms with Crippen LogP contribution in [0.2, 0.25) is 0 Å². The summed E-state index contributed by atoms with van der Waals surface area (Å²) in [6.07, 6.45) is -1.75. The molecule has 0 amide bonds. The van der Waals surface area contributed by atoms with Crippen LogP contribution in [0.25, 0.3) is 0 Å². The third kappa shape index (κ3) is 5.51. The fourth-order valence-corrected chi connectivity index (χ4v) is 3.75. The number of alkyl halides is 3. The van der Waals surface area contributed by atoms with E-state index in [1.165, 1.54) is 30.8 Å². The number of hydrogen-bond acceptors (Lipinski definition) is 7. The average molecular weight is 472 g/mol. The summed E-state index contributed by atoms with van der Waals surface area (Å²) < 4.78 is 45.3. The van der Waals surface area contributed by atoms with Gasteiger partial charge in [-0.25, -0.2) is 4.98 Å². The van der Waals surface area contributed by atoms with Gasteiger partial charge < -0.3 is 10.5 Å². The molecule has 170 valence electrons. The third-order valence-corrected chi connectivity index (χ3v) is 5.54. The highest BCUT2D eigenvalue weighted by Gasteiger charge is 2.32. The summed E-state index contributed by atoms with van der Waals surface area (Å²) in [5.74, 6) is 1.24. The molecule has 2 heterocycles. The molecule has 0 radical (unpaired) electrons. The Morgan fingerprint density at radius 1 is 1.03 bits per heavy atom. The lowest BCUT2D eigenvalue weighted by Crippen LogP contribution is -2.10. The van der Waals surface area contributed by atoms with Crippen molar-refractivity contribution in [1.29, 1.82) is 0 Å². The van der Waals surface area contributed by atoms with Gasteiger partial charge in [0.15, 0.2) is 5.16 Å². The van der Waals surface area contributed by atoms with Crippen molar-refractivity contribution >= 4 is 29.0 Å². The molecule has 6 nitrogen and oxygen atoms in total. The van der Waals surface area contributed by atoms with Crippen molar-refractivity contribution in [3.05, 3.63) is 70.8 Å². The van der Waals surface area contributed by atoms with Crippen LogP contribution in [0.1, 0.15) is 28.7 Å². The van der Waals surface area contributed by atoms with Gasteiger partial charge in [0.05, 0.1) is 17.0 Å². The van der Waals surface area contributed by atoms with Crippen LogP contribution in [0, 0.1) is 6.92 Å². The van der Waals surface area contributed by atoms with Crippen molar-refractivity contribution in [1.82, 2.24) is 9.97 Å². The number of ether oxygens (including phenoxy) is 1. The largest absolute Gasteiger partial charge is 0.439 e. The first-order valence-electron chi connectivity index (χ1n) is 9.97. The Kier molecular flexibility index (Phi) is 6.37. The molecule has 2 N–H and O–H groups in total. The third-order valence-electron chi connectivity index (χ3n) is 4.99. The van der Waals surface area contributed by atoms with Crippen LogP contribution in [-0.4, -0.2) is 27.6 Å². The first-order chi connectivity index (χ1) is 15.7. The molecule has 1 aliphatic heterocycles. The number of aryl methyl sites for hydroxylation is 1. The zero-order valence-electron chi connectivity index (χ0n) is 17.8. The zero-order valence-corrected chi connectivity index (χ0v) is 18.7. The van der Waals surface area contributed by atoms with Crippen LogP contribution in [0.3, 0.4) is 0 Å². The molecule has 33 heavy (non-hydrogen) atoms. The molecule has 1 aromatic heterocycles. The molecule has 3 aromatic rings. The predicted molar refractivity (Wildman–Crippen MR) is 123 cm³/mol. The summed E-state index contributed by atoms with van der Waals surface area (Å²) in [5, 5.41) is 8.92. The molecule has 0 fully saturated rings. The van der Waals surface area contributed by atoms with Gasteiger partial charge >= 0.3 is 6.18 Å². The zero-order chi connectivity index (χ0) is 23.6. The minimum Gasteiger partial charge on any atom is -0.439 e. The lowest BCUT2D eigenvalue weighted by Gasteiger charge is -2.12. The van der Waals surface area contributed by atoms with Crippen molar-refractivity contribution in [3.8, 4) is 11.6 Å². The summed E-state index contributed by atoms with van der Waals surface area (Å²) in [6, 6.07) is 13.2. The van der Waals surface area contributed by atoms with E-state index in [-0.39, 0.29) is 5.56 Å². The second kappa shape index (κ2) is 9.22. The van der Waals surface area contributed by atoms with Crippen LogP contribution >= 0.6 is 11.8 Å². The molecule has 0 saturated heterocycles. The molecule has 0 saturated carbocycles. The first kappa shape index (κ1) is 22.8. The van der Waals surface area contributed by atoms with Crippen LogP contribution in [-0.2, 0) is 12.6 Å². The molecule has 0 spiro atoms. The Labute approximate surface area is 192 Å². The number of anilines is 1. The number of hydrogen-bond donors (Lipinski definition) is 1. The van der Waals surface area contributed by atoms with Crippen molar-refractivity contribution in [2.75, 3.05) is 12.0 Å². The molecular weight excluding hydrogens is 451 g/mol. The highest BCUT2D eigenvalue weighted by atomic mass is 32.2. The predicted octanol–water partition coefficient (Wildman–Crippen LogP) is 5.69. The van der Waals surface area contributed by atoms with Crippen LogP contribution in [0.15, 0.2) is 63.9 Å².